The topological polar surface area (TPSA) is 77.0 Å². The average Bonchev–Trinajstić information content (AvgIpc) is 3.18. The summed E-state index contributed by atoms with van der Waals surface area (Å²) in [5.41, 5.74) is 4.12. The lowest BCUT2D eigenvalue weighted by Gasteiger charge is -2.07. The predicted octanol–water partition coefficient (Wildman–Crippen LogP) is 3.43. The van der Waals surface area contributed by atoms with Crippen molar-refractivity contribution in [3.63, 3.8) is 0 Å². The molecule has 0 saturated carbocycles. The number of aliphatic hydroxyl groups is 1. The molecule has 7 heteroatoms. The van der Waals surface area contributed by atoms with Gasteiger partial charge in [-0.05, 0) is 44.0 Å². The van der Waals surface area contributed by atoms with Gasteiger partial charge in [-0.3, -0.25) is 0 Å². The minimum atomic E-state index is -0.0366. The third-order valence-corrected chi connectivity index (χ3v) is 5.17. The summed E-state index contributed by atoms with van der Waals surface area (Å²) < 4.78 is 7.70. The summed E-state index contributed by atoms with van der Waals surface area (Å²) in [6, 6.07) is 6.09. The lowest BCUT2D eigenvalue weighted by atomic mass is 10.1. The van der Waals surface area contributed by atoms with Gasteiger partial charge in [0.25, 0.3) is 0 Å². The molecule has 24 heavy (non-hydrogen) atoms. The lowest BCUT2D eigenvalue weighted by molar-refractivity contribution is 0.271. The Bertz CT molecular complexity index is 856. The molecule has 2 aromatic heterocycles. The highest BCUT2D eigenvalue weighted by Crippen LogP contribution is 2.34. The summed E-state index contributed by atoms with van der Waals surface area (Å²) in [7, 11) is 1.88. The largest absolute Gasteiger partial charge is 0.419 e. The van der Waals surface area contributed by atoms with Crippen molar-refractivity contribution in [1.82, 2.24) is 19.7 Å². The Morgan fingerprint density at radius 3 is 2.71 bits per heavy atom. The molecule has 0 saturated heterocycles. The molecule has 1 aromatic carbocycles. The van der Waals surface area contributed by atoms with E-state index in [1.165, 1.54) is 22.9 Å². The Morgan fingerprint density at radius 1 is 1.25 bits per heavy atom. The van der Waals surface area contributed by atoms with Gasteiger partial charge in [0.1, 0.15) is 0 Å². The normalized spacial score (nSPS) is 12.5. The fourth-order valence-corrected chi connectivity index (χ4v) is 3.18. The van der Waals surface area contributed by atoms with Gasteiger partial charge in [-0.1, -0.05) is 17.8 Å². The molecule has 0 bridgehead atoms. The summed E-state index contributed by atoms with van der Waals surface area (Å²) in [5, 5.41) is 18.3. The molecule has 0 fully saturated rings. The zero-order valence-corrected chi connectivity index (χ0v) is 15.0. The van der Waals surface area contributed by atoms with Crippen molar-refractivity contribution >= 4 is 11.8 Å². The number of rotatable bonds is 5. The number of aliphatic hydroxyl groups excluding tert-OH is 1. The number of nitrogens with zero attached hydrogens (tertiary/aromatic N) is 4. The smallest absolute Gasteiger partial charge is 0.247 e. The van der Waals surface area contributed by atoms with Crippen LogP contribution in [0.1, 0.15) is 34.9 Å². The van der Waals surface area contributed by atoms with Gasteiger partial charge in [0.05, 0.1) is 23.7 Å². The maximum atomic E-state index is 9.24. The standard InChI is InChI=1S/C17H20N4O2S/c1-10-5-6-13(7-11(10)2)16-20-19-15(23-16)12(3)24-17-18-8-14(9-22)21(17)4/h5-8,12,22H,9H2,1-4H3. The fourth-order valence-electron chi connectivity index (χ4n) is 2.28. The van der Waals surface area contributed by atoms with Crippen molar-refractivity contribution in [2.75, 3.05) is 0 Å². The zero-order valence-electron chi connectivity index (χ0n) is 14.1. The second-order valence-corrected chi connectivity index (χ2v) is 7.06. The molecule has 0 aliphatic carbocycles. The maximum Gasteiger partial charge on any atom is 0.247 e. The first-order chi connectivity index (χ1) is 11.5. The highest BCUT2D eigenvalue weighted by atomic mass is 32.2. The molecule has 1 atom stereocenters. The van der Waals surface area contributed by atoms with Gasteiger partial charge in [0, 0.05) is 12.6 Å². The monoisotopic (exact) mass is 344 g/mol. The third kappa shape index (κ3) is 3.22. The van der Waals surface area contributed by atoms with Crippen LogP contribution in [0.2, 0.25) is 0 Å². The highest BCUT2D eigenvalue weighted by molar-refractivity contribution is 7.99. The minimum Gasteiger partial charge on any atom is -0.419 e. The van der Waals surface area contributed by atoms with E-state index in [2.05, 4.69) is 41.2 Å². The van der Waals surface area contributed by atoms with Gasteiger partial charge < -0.3 is 14.1 Å². The summed E-state index contributed by atoms with van der Waals surface area (Å²) >= 11 is 1.52. The van der Waals surface area contributed by atoms with E-state index >= 15 is 0 Å². The van der Waals surface area contributed by atoms with Crippen LogP contribution in [0.15, 0.2) is 34.0 Å². The van der Waals surface area contributed by atoms with E-state index in [1.54, 1.807) is 6.20 Å². The van der Waals surface area contributed by atoms with Crippen LogP contribution in [0, 0.1) is 13.8 Å². The Hall–Kier alpha value is -2.12. The molecule has 0 aliphatic rings. The minimum absolute atomic E-state index is 0.0318. The molecule has 0 amide bonds. The fraction of sp³-hybridized carbons (Fsp3) is 0.353. The number of aromatic nitrogens is 4. The molecule has 0 aliphatic heterocycles. The van der Waals surface area contributed by atoms with Crippen molar-refractivity contribution in [2.45, 2.75) is 37.8 Å². The van der Waals surface area contributed by atoms with Crippen LogP contribution in [0.3, 0.4) is 0 Å². The van der Waals surface area contributed by atoms with Crippen LogP contribution in [-0.4, -0.2) is 24.9 Å². The van der Waals surface area contributed by atoms with Crippen LogP contribution in [0.25, 0.3) is 11.5 Å². The molecular formula is C17H20N4O2S. The average molecular weight is 344 g/mol. The molecule has 3 aromatic rings. The summed E-state index contributed by atoms with van der Waals surface area (Å²) in [5.74, 6) is 1.08. The van der Waals surface area contributed by atoms with E-state index in [0.29, 0.717) is 11.8 Å². The van der Waals surface area contributed by atoms with Crippen LogP contribution >= 0.6 is 11.8 Å². The zero-order chi connectivity index (χ0) is 17.3. The van der Waals surface area contributed by atoms with E-state index in [1.807, 2.05) is 24.6 Å². The second kappa shape index (κ2) is 6.78. The van der Waals surface area contributed by atoms with Crippen molar-refractivity contribution in [2.24, 2.45) is 7.05 Å². The number of imidazole rings is 1. The molecule has 126 valence electrons. The molecule has 0 radical (unpaired) electrons. The first-order valence-electron chi connectivity index (χ1n) is 7.68. The number of aryl methyl sites for hydroxylation is 2. The van der Waals surface area contributed by atoms with Gasteiger partial charge >= 0.3 is 0 Å². The Labute approximate surface area is 144 Å². The van der Waals surface area contributed by atoms with Crippen LogP contribution < -0.4 is 0 Å². The summed E-state index contributed by atoms with van der Waals surface area (Å²) in [4.78, 5) is 4.31. The van der Waals surface area contributed by atoms with Gasteiger partial charge in [0.15, 0.2) is 5.16 Å². The van der Waals surface area contributed by atoms with Gasteiger partial charge in [-0.15, -0.1) is 10.2 Å². The van der Waals surface area contributed by atoms with E-state index in [9.17, 15) is 5.11 Å². The molecule has 2 heterocycles. The molecule has 3 rings (SSSR count). The van der Waals surface area contributed by atoms with Crippen LogP contribution in [0.4, 0.5) is 0 Å². The molecule has 6 nitrogen and oxygen atoms in total. The number of thioether (sulfide) groups is 1. The summed E-state index contributed by atoms with van der Waals surface area (Å²) in [6.45, 7) is 6.10. The van der Waals surface area contributed by atoms with Crippen molar-refractivity contribution in [3.05, 3.63) is 47.1 Å². The number of hydrogen-bond acceptors (Lipinski definition) is 6. The van der Waals surface area contributed by atoms with Crippen LogP contribution in [0.5, 0.6) is 0 Å². The van der Waals surface area contributed by atoms with Gasteiger partial charge in [-0.25, -0.2) is 4.98 Å². The first-order valence-corrected chi connectivity index (χ1v) is 8.56. The van der Waals surface area contributed by atoms with Gasteiger partial charge in [0.2, 0.25) is 11.8 Å². The molecule has 1 unspecified atom stereocenters. The lowest BCUT2D eigenvalue weighted by Crippen LogP contribution is -1.99. The predicted molar refractivity (Wildman–Crippen MR) is 92.6 cm³/mol. The van der Waals surface area contributed by atoms with E-state index < -0.39 is 0 Å². The first kappa shape index (κ1) is 16.7. The number of hydrogen-bond donors (Lipinski definition) is 1. The van der Waals surface area contributed by atoms with E-state index in [0.717, 1.165) is 16.4 Å². The molecular weight excluding hydrogens is 324 g/mol. The highest BCUT2D eigenvalue weighted by Gasteiger charge is 2.19. The van der Waals surface area contributed by atoms with E-state index in [4.69, 9.17) is 4.42 Å². The Morgan fingerprint density at radius 2 is 2.04 bits per heavy atom. The second-order valence-electron chi connectivity index (χ2n) is 5.75. The Kier molecular flexibility index (Phi) is 4.73. The van der Waals surface area contributed by atoms with Crippen molar-refractivity contribution < 1.29 is 9.52 Å². The van der Waals surface area contributed by atoms with Gasteiger partial charge in [-0.2, -0.15) is 0 Å². The quantitative estimate of drug-likeness (QED) is 0.715. The third-order valence-electron chi connectivity index (χ3n) is 4.03. The molecule has 1 N–H and O–H groups in total. The van der Waals surface area contributed by atoms with Crippen LogP contribution in [-0.2, 0) is 13.7 Å². The number of benzene rings is 1. The summed E-state index contributed by atoms with van der Waals surface area (Å²) in [6.07, 6.45) is 1.67. The Balaban J connectivity index is 1.79. The molecule has 0 spiro atoms. The van der Waals surface area contributed by atoms with Crippen molar-refractivity contribution in [1.29, 1.82) is 0 Å². The van der Waals surface area contributed by atoms with E-state index in [-0.39, 0.29) is 11.9 Å². The SMILES string of the molecule is Cc1ccc(-c2nnc(C(C)Sc3ncc(CO)n3C)o2)cc1C. The van der Waals surface area contributed by atoms with Crippen molar-refractivity contribution in [3.8, 4) is 11.5 Å². The maximum absolute atomic E-state index is 9.24.